The molecule has 29 heavy (non-hydrogen) atoms. The highest BCUT2D eigenvalue weighted by molar-refractivity contribution is 5.99. The van der Waals surface area contributed by atoms with Gasteiger partial charge in [-0.1, -0.05) is 42.5 Å². The van der Waals surface area contributed by atoms with Gasteiger partial charge in [0.05, 0.1) is 29.4 Å². The highest BCUT2D eigenvalue weighted by atomic mass is 16.5. The Labute approximate surface area is 169 Å². The normalized spacial score (nSPS) is 11.5. The molecule has 0 fully saturated rings. The van der Waals surface area contributed by atoms with Crippen LogP contribution in [0.2, 0.25) is 0 Å². The molecule has 0 aliphatic heterocycles. The van der Waals surface area contributed by atoms with Gasteiger partial charge in [-0.05, 0) is 55.5 Å². The Morgan fingerprint density at radius 3 is 1.62 bits per heavy atom. The van der Waals surface area contributed by atoms with Gasteiger partial charge in [-0.3, -0.25) is 0 Å². The first-order valence-electron chi connectivity index (χ1n) is 9.46. The Hall–Kier alpha value is -3.86. The number of fused-ring (bicyclic) bond motifs is 1. The molecule has 0 aromatic heterocycles. The number of ether oxygens (including phenoxy) is 1. The Morgan fingerprint density at radius 1 is 0.552 bits per heavy atom. The average molecular weight is 380 g/mol. The van der Waals surface area contributed by atoms with Gasteiger partial charge in [0, 0.05) is 10.8 Å². The zero-order valence-corrected chi connectivity index (χ0v) is 16.1. The van der Waals surface area contributed by atoms with Gasteiger partial charge in [-0.15, -0.1) is 10.2 Å². The third-order valence-corrected chi connectivity index (χ3v) is 4.33. The van der Waals surface area contributed by atoms with Crippen molar-refractivity contribution in [3.8, 4) is 5.75 Å². The summed E-state index contributed by atoms with van der Waals surface area (Å²) in [5, 5.41) is 19.5. The molecule has 4 rings (SSSR count). The first-order valence-corrected chi connectivity index (χ1v) is 9.46. The molecule has 0 unspecified atom stereocenters. The van der Waals surface area contributed by atoms with Gasteiger partial charge in [0.1, 0.15) is 5.75 Å². The molecular formula is C24H20N4O. The van der Waals surface area contributed by atoms with E-state index in [0.717, 1.165) is 39.3 Å². The lowest BCUT2D eigenvalue weighted by atomic mass is 10.1. The molecule has 4 aromatic rings. The van der Waals surface area contributed by atoms with E-state index in [9.17, 15) is 0 Å². The standard InChI is InChI=1S/C24H20N4O/c1-2-29-20-14-12-19(13-15-20)26-28-24-17-16-23(21-10-6-7-11-22(21)24)27-25-18-8-4-3-5-9-18/h3-17H,2H2,1H3/b27-25+,28-26+. The van der Waals surface area contributed by atoms with Crippen molar-refractivity contribution in [3.63, 3.8) is 0 Å². The van der Waals surface area contributed by atoms with Crippen molar-refractivity contribution in [1.82, 2.24) is 0 Å². The van der Waals surface area contributed by atoms with Crippen LogP contribution in [0.1, 0.15) is 6.92 Å². The van der Waals surface area contributed by atoms with Crippen molar-refractivity contribution in [3.05, 3.63) is 91.0 Å². The number of azo groups is 2. The smallest absolute Gasteiger partial charge is 0.119 e. The quantitative estimate of drug-likeness (QED) is 0.312. The molecule has 142 valence electrons. The Kier molecular flexibility index (Phi) is 5.67. The summed E-state index contributed by atoms with van der Waals surface area (Å²) in [7, 11) is 0. The molecule has 0 saturated carbocycles. The van der Waals surface area contributed by atoms with Crippen LogP contribution < -0.4 is 4.74 Å². The van der Waals surface area contributed by atoms with E-state index in [1.807, 2.05) is 97.9 Å². The lowest BCUT2D eigenvalue weighted by Gasteiger charge is -2.04. The number of rotatable bonds is 6. The summed E-state index contributed by atoms with van der Waals surface area (Å²) in [6.07, 6.45) is 0. The molecule has 5 nitrogen and oxygen atoms in total. The molecule has 0 aliphatic carbocycles. The van der Waals surface area contributed by atoms with Crippen molar-refractivity contribution in [1.29, 1.82) is 0 Å². The molecule has 0 radical (unpaired) electrons. The van der Waals surface area contributed by atoms with Gasteiger partial charge in [-0.25, -0.2) is 0 Å². The largest absolute Gasteiger partial charge is 0.494 e. The second kappa shape index (κ2) is 8.89. The van der Waals surface area contributed by atoms with E-state index in [0.29, 0.717) is 6.61 Å². The predicted molar refractivity (Wildman–Crippen MR) is 116 cm³/mol. The molecule has 0 amide bonds. The maximum absolute atomic E-state index is 5.46. The predicted octanol–water partition coefficient (Wildman–Crippen LogP) is 8.07. The molecule has 0 atom stereocenters. The van der Waals surface area contributed by atoms with E-state index in [4.69, 9.17) is 4.74 Å². The zero-order valence-electron chi connectivity index (χ0n) is 16.1. The van der Waals surface area contributed by atoms with Crippen molar-refractivity contribution >= 4 is 33.5 Å². The second-order valence-corrected chi connectivity index (χ2v) is 6.31. The van der Waals surface area contributed by atoms with Crippen LogP contribution in [0.25, 0.3) is 10.8 Å². The van der Waals surface area contributed by atoms with Crippen LogP contribution in [-0.2, 0) is 0 Å². The molecule has 0 spiro atoms. The van der Waals surface area contributed by atoms with E-state index in [1.54, 1.807) is 0 Å². The SMILES string of the molecule is CCOc1ccc(/N=N/c2ccc(/N=N/c3ccccc3)c3ccccc23)cc1. The molecule has 5 heteroatoms. The van der Waals surface area contributed by atoms with Crippen molar-refractivity contribution in [2.45, 2.75) is 6.92 Å². The van der Waals surface area contributed by atoms with Gasteiger partial charge in [0.25, 0.3) is 0 Å². The number of nitrogens with zero attached hydrogens (tertiary/aromatic N) is 4. The third-order valence-electron chi connectivity index (χ3n) is 4.33. The fourth-order valence-electron chi connectivity index (χ4n) is 2.94. The fraction of sp³-hybridized carbons (Fsp3) is 0.0833. The third kappa shape index (κ3) is 4.52. The summed E-state index contributed by atoms with van der Waals surface area (Å²) in [6, 6.07) is 29.1. The van der Waals surface area contributed by atoms with Crippen LogP contribution >= 0.6 is 0 Å². The first-order chi connectivity index (χ1) is 14.3. The molecule has 0 heterocycles. The van der Waals surface area contributed by atoms with E-state index >= 15 is 0 Å². The summed E-state index contributed by atoms with van der Waals surface area (Å²) >= 11 is 0. The first kappa shape index (κ1) is 18.5. The van der Waals surface area contributed by atoms with Crippen molar-refractivity contribution in [2.75, 3.05) is 6.61 Å². The minimum absolute atomic E-state index is 0.640. The van der Waals surface area contributed by atoms with Crippen LogP contribution in [0.15, 0.2) is 111 Å². The maximum atomic E-state index is 5.46. The summed E-state index contributed by atoms with van der Waals surface area (Å²) < 4.78 is 5.46. The second-order valence-electron chi connectivity index (χ2n) is 6.31. The monoisotopic (exact) mass is 380 g/mol. The topological polar surface area (TPSA) is 58.7 Å². The number of hydrogen-bond donors (Lipinski definition) is 0. The van der Waals surface area contributed by atoms with Gasteiger partial charge in [0.15, 0.2) is 0 Å². The van der Waals surface area contributed by atoms with E-state index < -0.39 is 0 Å². The lowest BCUT2D eigenvalue weighted by Crippen LogP contribution is -1.89. The van der Waals surface area contributed by atoms with Crippen LogP contribution in [-0.4, -0.2) is 6.61 Å². The highest BCUT2D eigenvalue weighted by Gasteiger charge is 2.05. The van der Waals surface area contributed by atoms with Gasteiger partial charge in [0.2, 0.25) is 0 Å². The molecular weight excluding hydrogens is 360 g/mol. The molecule has 0 bridgehead atoms. The van der Waals surface area contributed by atoms with Gasteiger partial charge >= 0.3 is 0 Å². The summed E-state index contributed by atoms with van der Waals surface area (Å²) in [5.41, 5.74) is 3.17. The Morgan fingerprint density at radius 2 is 1.07 bits per heavy atom. The van der Waals surface area contributed by atoms with Crippen LogP contribution in [0.4, 0.5) is 22.7 Å². The number of benzene rings is 4. The highest BCUT2D eigenvalue weighted by Crippen LogP contribution is 2.35. The molecule has 4 aromatic carbocycles. The van der Waals surface area contributed by atoms with Gasteiger partial charge in [-0.2, -0.15) is 10.2 Å². The van der Waals surface area contributed by atoms with E-state index in [-0.39, 0.29) is 0 Å². The molecule has 0 N–H and O–H groups in total. The summed E-state index contributed by atoms with van der Waals surface area (Å²) in [4.78, 5) is 0. The van der Waals surface area contributed by atoms with Gasteiger partial charge < -0.3 is 4.74 Å². The molecule has 0 aliphatic rings. The summed E-state index contributed by atoms with van der Waals surface area (Å²) in [5.74, 6) is 0.824. The van der Waals surface area contributed by atoms with Crippen molar-refractivity contribution < 1.29 is 4.74 Å². The van der Waals surface area contributed by atoms with Crippen LogP contribution in [0.3, 0.4) is 0 Å². The minimum atomic E-state index is 0.640. The lowest BCUT2D eigenvalue weighted by molar-refractivity contribution is 0.340. The average Bonchev–Trinajstić information content (AvgIpc) is 2.78. The van der Waals surface area contributed by atoms with Crippen LogP contribution in [0.5, 0.6) is 5.75 Å². The van der Waals surface area contributed by atoms with E-state index in [2.05, 4.69) is 20.5 Å². The number of hydrogen-bond acceptors (Lipinski definition) is 5. The minimum Gasteiger partial charge on any atom is -0.494 e. The zero-order chi connectivity index (χ0) is 19.9. The van der Waals surface area contributed by atoms with E-state index in [1.165, 1.54) is 0 Å². The summed E-state index contributed by atoms with van der Waals surface area (Å²) in [6.45, 7) is 2.60. The fourth-order valence-corrected chi connectivity index (χ4v) is 2.94. The Bertz CT molecular complexity index is 1150. The van der Waals surface area contributed by atoms with Crippen LogP contribution in [0, 0.1) is 0 Å². The van der Waals surface area contributed by atoms with Crippen molar-refractivity contribution in [2.24, 2.45) is 20.5 Å². The molecule has 0 saturated heterocycles. The Balaban J connectivity index is 1.63. The maximum Gasteiger partial charge on any atom is 0.119 e.